The van der Waals surface area contributed by atoms with Gasteiger partial charge in [-0.15, -0.1) is 0 Å². The van der Waals surface area contributed by atoms with Crippen LogP contribution in [0.2, 0.25) is 0 Å². The first-order valence-electron chi connectivity index (χ1n) is 12.6. The van der Waals surface area contributed by atoms with Gasteiger partial charge in [0.2, 0.25) is 5.95 Å². The fourth-order valence-corrected chi connectivity index (χ4v) is 5.51. The van der Waals surface area contributed by atoms with Gasteiger partial charge in [-0.25, -0.2) is 9.97 Å². The maximum Gasteiger partial charge on any atom is 0.290 e. The van der Waals surface area contributed by atoms with Gasteiger partial charge in [0, 0.05) is 36.8 Å². The smallest absolute Gasteiger partial charge is 0.290 e. The Morgan fingerprint density at radius 2 is 2.00 bits per heavy atom. The molecule has 4 aromatic rings. The van der Waals surface area contributed by atoms with Crippen molar-refractivity contribution in [2.45, 2.75) is 19.4 Å². The molecular formula is C28H26N6O3S. The maximum atomic E-state index is 11.8. The standard InChI is InChI=1S/C28H26N6O3S/c35-26-25(38-28(36)33-26)14-21-5-9-30-27(31-21)34-10-6-18(7-11-34)15-29-16-24-22-4-2-1-3-19(22)13-23(32-24)20-8-12-37-17-20/h1-5,8-9,12-14,17-18,29H,6-7,10-11,15-16H2,(H,33,35,36)/b25-14+. The van der Waals surface area contributed by atoms with Gasteiger partial charge >= 0.3 is 0 Å². The second-order valence-electron chi connectivity index (χ2n) is 9.38. The summed E-state index contributed by atoms with van der Waals surface area (Å²) in [4.78, 5) is 39.8. The molecule has 2 amide bonds. The number of imide groups is 1. The topological polar surface area (TPSA) is 113 Å². The Kier molecular flexibility index (Phi) is 6.89. The van der Waals surface area contributed by atoms with Gasteiger partial charge in [0.25, 0.3) is 11.1 Å². The van der Waals surface area contributed by atoms with Crippen LogP contribution in [-0.2, 0) is 11.3 Å². The minimum atomic E-state index is -0.384. The van der Waals surface area contributed by atoms with Crippen molar-refractivity contribution in [2.24, 2.45) is 5.92 Å². The maximum absolute atomic E-state index is 11.8. The summed E-state index contributed by atoms with van der Waals surface area (Å²) in [5, 5.41) is 7.87. The number of nitrogens with zero attached hydrogens (tertiary/aromatic N) is 4. The van der Waals surface area contributed by atoms with E-state index in [9.17, 15) is 9.59 Å². The molecule has 9 nitrogen and oxygen atoms in total. The summed E-state index contributed by atoms with van der Waals surface area (Å²) in [7, 11) is 0. The van der Waals surface area contributed by atoms with Gasteiger partial charge in [0.15, 0.2) is 0 Å². The van der Waals surface area contributed by atoms with E-state index in [0.717, 1.165) is 66.6 Å². The number of furan rings is 1. The number of amides is 2. The van der Waals surface area contributed by atoms with Crippen LogP contribution in [0.4, 0.5) is 10.7 Å². The summed E-state index contributed by atoms with van der Waals surface area (Å²) in [5.41, 5.74) is 3.54. The third kappa shape index (κ3) is 5.32. The number of thioether (sulfide) groups is 1. The van der Waals surface area contributed by atoms with Crippen LogP contribution in [0.5, 0.6) is 0 Å². The predicted octanol–water partition coefficient (Wildman–Crippen LogP) is 4.61. The zero-order chi connectivity index (χ0) is 25.9. The molecule has 0 atom stereocenters. The second-order valence-corrected chi connectivity index (χ2v) is 10.4. The first-order valence-corrected chi connectivity index (χ1v) is 13.4. The van der Waals surface area contributed by atoms with E-state index in [4.69, 9.17) is 9.40 Å². The van der Waals surface area contributed by atoms with Crippen molar-refractivity contribution in [3.8, 4) is 11.3 Å². The Labute approximate surface area is 223 Å². The van der Waals surface area contributed by atoms with E-state index in [1.54, 1.807) is 30.9 Å². The summed E-state index contributed by atoms with van der Waals surface area (Å²) in [6.45, 7) is 3.32. The number of fused-ring (bicyclic) bond motifs is 1. The SMILES string of the molecule is O=C1NC(=O)/C(=C\c2ccnc(N3CCC(CNCc4nc(-c5ccoc5)cc5ccccc45)CC3)n2)S1. The van der Waals surface area contributed by atoms with Crippen LogP contribution < -0.4 is 15.5 Å². The highest BCUT2D eigenvalue weighted by molar-refractivity contribution is 8.18. The minimum Gasteiger partial charge on any atom is -0.472 e. The quantitative estimate of drug-likeness (QED) is 0.333. The molecule has 0 radical (unpaired) electrons. The molecule has 38 heavy (non-hydrogen) atoms. The lowest BCUT2D eigenvalue weighted by Crippen LogP contribution is -2.38. The molecule has 5 heterocycles. The molecule has 2 N–H and O–H groups in total. The van der Waals surface area contributed by atoms with Crippen molar-refractivity contribution in [2.75, 3.05) is 24.5 Å². The lowest BCUT2D eigenvalue weighted by molar-refractivity contribution is -0.115. The minimum absolute atomic E-state index is 0.349. The molecule has 2 aliphatic rings. The number of aromatic nitrogens is 3. The average Bonchev–Trinajstić information content (AvgIpc) is 3.59. The van der Waals surface area contributed by atoms with Crippen LogP contribution in [0.3, 0.4) is 0 Å². The third-order valence-electron chi connectivity index (χ3n) is 6.84. The molecule has 0 aliphatic carbocycles. The summed E-state index contributed by atoms with van der Waals surface area (Å²) in [6.07, 6.45) is 8.77. The Bertz CT molecular complexity index is 1510. The summed E-state index contributed by atoms with van der Waals surface area (Å²) in [5.74, 6) is 0.807. The molecule has 0 bridgehead atoms. The van der Waals surface area contributed by atoms with E-state index in [1.807, 2.05) is 12.1 Å². The molecule has 0 saturated carbocycles. The molecule has 6 rings (SSSR count). The summed E-state index contributed by atoms with van der Waals surface area (Å²) < 4.78 is 5.27. The fourth-order valence-electron chi connectivity index (χ4n) is 4.85. The van der Waals surface area contributed by atoms with Crippen molar-refractivity contribution < 1.29 is 14.0 Å². The van der Waals surface area contributed by atoms with Gasteiger partial charge in [-0.3, -0.25) is 19.9 Å². The highest BCUT2D eigenvalue weighted by Crippen LogP contribution is 2.27. The van der Waals surface area contributed by atoms with Gasteiger partial charge in [0.05, 0.1) is 34.5 Å². The van der Waals surface area contributed by atoms with Crippen molar-refractivity contribution in [1.82, 2.24) is 25.6 Å². The number of rotatable bonds is 7. The second kappa shape index (κ2) is 10.8. The van der Waals surface area contributed by atoms with E-state index < -0.39 is 0 Å². The first-order chi connectivity index (χ1) is 18.6. The number of nitrogens with one attached hydrogen (secondary N) is 2. The predicted molar refractivity (Wildman–Crippen MR) is 147 cm³/mol. The molecule has 0 unspecified atom stereocenters. The van der Waals surface area contributed by atoms with Crippen LogP contribution in [0.25, 0.3) is 28.1 Å². The highest BCUT2D eigenvalue weighted by atomic mass is 32.2. The van der Waals surface area contributed by atoms with Crippen molar-refractivity contribution in [3.63, 3.8) is 0 Å². The number of hydrogen-bond acceptors (Lipinski definition) is 9. The van der Waals surface area contributed by atoms with E-state index in [0.29, 0.717) is 29.0 Å². The van der Waals surface area contributed by atoms with E-state index >= 15 is 0 Å². The Balaban J connectivity index is 1.06. The first kappa shape index (κ1) is 24.3. The third-order valence-corrected chi connectivity index (χ3v) is 7.66. The number of pyridine rings is 1. The van der Waals surface area contributed by atoms with Crippen molar-refractivity contribution in [3.05, 3.63) is 77.5 Å². The molecule has 10 heteroatoms. The van der Waals surface area contributed by atoms with Crippen molar-refractivity contribution in [1.29, 1.82) is 0 Å². The van der Waals surface area contributed by atoms with Gasteiger partial charge in [0.1, 0.15) is 0 Å². The average molecular weight is 527 g/mol. The lowest BCUT2D eigenvalue weighted by Gasteiger charge is -2.32. The number of benzene rings is 1. The highest BCUT2D eigenvalue weighted by Gasteiger charge is 2.26. The molecule has 192 valence electrons. The molecule has 1 aromatic carbocycles. The van der Waals surface area contributed by atoms with E-state index in [2.05, 4.69) is 49.8 Å². The Morgan fingerprint density at radius 3 is 2.79 bits per heavy atom. The van der Waals surface area contributed by atoms with Gasteiger partial charge in [-0.05, 0) is 66.7 Å². The summed E-state index contributed by atoms with van der Waals surface area (Å²) >= 11 is 0.889. The number of carbonyl (C=O) groups is 2. The Morgan fingerprint density at radius 1 is 1.13 bits per heavy atom. The molecule has 2 fully saturated rings. The van der Waals surface area contributed by atoms with Crippen molar-refractivity contribution >= 4 is 45.7 Å². The zero-order valence-electron chi connectivity index (χ0n) is 20.6. The van der Waals surface area contributed by atoms with Gasteiger partial charge in [-0.2, -0.15) is 0 Å². The number of carbonyl (C=O) groups excluding carboxylic acids is 2. The number of anilines is 1. The summed E-state index contributed by atoms with van der Waals surface area (Å²) in [6, 6.07) is 14.1. The fraction of sp³-hybridized carbons (Fsp3) is 0.250. The monoisotopic (exact) mass is 526 g/mol. The Hall–Kier alpha value is -4.02. The number of hydrogen-bond donors (Lipinski definition) is 2. The van der Waals surface area contributed by atoms with E-state index in [1.165, 1.54) is 5.39 Å². The van der Waals surface area contributed by atoms with E-state index in [-0.39, 0.29) is 11.1 Å². The molecule has 2 aliphatic heterocycles. The zero-order valence-corrected chi connectivity index (χ0v) is 21.4. The number of piperidine rings is 1. The van der Waals surface area contributed by atoms with Crippen LogP contribution in [-0.4, -0.2) is 45.7 Å². The molecule has 2 saturated heterocycles. The molecule has 0 spiro atoms. The molecular weight excluding hydrogens is 500 g/mol. The van der Waals surface area contributed by atoms with Gasteiger partial charge in [-0.1, -0.05) is 24.3 Å². The van der Waals surface area contributed by atoms with Crippen LogP contribution >= 0.6 is 11.8 Å². The normalized spacial score (nSPS) is 17.5. The molecule has 3 aromatic heterocycles. The van der Waals surface area contributed by atoms with Crippen LogP contribution in [0.1, 0.15) is 24.2 Å². The lowest BCUT2D eigenvalue weighted by atomic mass is 9.97. The van der Waals surface area contributed by atoms with Crippen LogP contribution in [0.15, 0.2) is 70.5 Å². The van der Waals surface area contributed by atoms with Gasteiger partial charge < -0.3 is 14.6 Å². The van der Waals surface area contributed by atoms with Crippen LogP contribution in [0, 0.1) is 5.92 Å². The largest absolute Gasteiger partial charge is 0.472 e.